The monoisotopic (exact) mass is 250 g/mol. The van der Waals surface area contributed by atoms with Crippen LogP contribution < -0.4 is 0 Å². The molecule has 0 heterocycles. The van der Waals surface area contributed by atoms with Crippen molar-refractivity contribution in [2.24, 2.45) is 0 Å². The molecule has 0 radical (unpaired) electrons. The lowest BCUT2D eigenvalue weighted by molar-refractivity contribution is -0.870. The molecule has 5 nitrogen and oxygen atoms in total. The van der Waals surface area contributed by atoms with Crippen LogP contribution >= 0.6 is 8.03 Å². The van der Waals surface area contributed by atoms with Gasteiger partial charge in [-0.05, 0) is 0 Å². The Labute approximate surface area is 97.5 Å². The summed E-state index contributed by atoms with van der Waals surface area (Å²) in [6, 6.07) is 0. The highest BCUT2D eigenvalue weighted by molar-refractivity contribution is 7.39. The van der Waals surface area contributed by atoms with Gasteiger partial charge in [0.05, 0.1) is 27.3 Å². The second-order valence-corrected chi connectivity index (χ2v) is 5.89. The molecule has 0 saturated heterocycles. The molecular weight excluding hydrogens is 229 g/mol. The number of carbonyl (C=O) groups is 1. The first-order valence-electron chi connectivity index (χ1n) is 5.10. The second kappa shape index (κ2) is 7.60. The first kappa shape index (κ1) is 15.4. The third-order valence-corrected chi connectivity index (χ3v) is 2.88. The summed E-state index contributed by atoms with van der Waals surface area (Å²) >= 11 is 0. The number of likely N-dealkylation sites (N-methyl/N-ethyl adjacent to an activating group) is 1. The predicted octanol–water partition coefficient (Wildman–Crippen LogP) is 0.913. The topological polar surface area (TPSA) is 52.6 Å². The smallest absolute Gasteiger partial charge is 0.330 e. The van der Waals surface area contributed by atoms with E-state index in [0.29, 0.717) is 6.61 Å². The number of quaternary nitrogens is 1. The second-order valence-electron chi connectivity index (χ2n) is 4.36. The van der Waals surface area contributed by atoms with E-state index in [1.165, 1.54) is 0 Å². The summed E-state index contributed by atoms with van der Waals surface area (Å²) in [4.78, 5) is 10.7. The SMILES string of the molecule is C=CC(=O)OCC[PH](=O)OCC[N+](C)(C)C. The first-order chi connectivity index (χ1) is 7.35. The van der Waals surface area contributed by atoms with Gasteiger partial charge in [-0.15, -0.1) is 0 Å². The first-order valence-corrected chi connectivity index (χ1v) is 6.63. The maximum absolute atomic E-state index is 11.3. The molecule has 1 unspecified atom stereocenters. The molecule has 0 aliphatic rings. The molecule has 0 amide bonds. The Morgan fingerprint density at radius 1 is 1.38 bits per heavy atom. The van der Waals surface area contributed by atoms with Crippen molar-refractivity contribution in [2.45, 2.75) is 0 Å². The van der Waals surface area contributed by atoms with E-state index in [1.54, 1.807) is 0 Å². The summed E-state index contributed by atoms with van der Waals surface area (Å²) in [5.74, 6) is -0.499. The summed E-state index contributed by atoms with van der Waals surface area (Å²) < 4.78 is 21.9. The lowest BCUT2D eigenvalue weighted by atomic mass is 10.5. The van der Waals surface area contributed by atoms with E-state index in [4.69, 9.17) is 9.26 Å². The van der Waals surface area contributed by atoms with Crippen LogP contribution in [0.4, 0.5) is 0 Å². The quantitative estimate of drug-likeness (QED) is 0.278. The Balaban J connectivity index is 3.53. The van der Waals surface area contributed by atoms with Crippen LogP contribution in [0.5, 0.6) is 0 Å². The Morgan fingerprint density at radius 3 is 2.50 bits per heavy atom. The number of carbonyl (C=O) groups excluding carboxylic acids is 1. The lowest BCUT2D eigenvalue weighted by Gasteiger charge is -2.23. The van der Waals surface area contributed by atoms with Gasteiger partial charge in [-0.1, -0.05) is 6.58 Å². The number of ether oxygens (including phenoxy) is 1. The maximum Gasteiger partial charge on any atom is 0.330 e. The van der Waals surface area contributed by atoms with Crippen LogP contribution in [0.2, 0.25) is 0 Å². The molecule has 16 heavy (non-hydrogen) atoms. The molecule has 0 spiro atoms. The van der Waals surface area contributed by atoms with E-state index in [-0.39, 0.29) is 12.8 Å². The molecule has 0 aromatic heterocycles. The molecule has 0 N–H and O–H groups in total. The van der Waals surface area contributed by atoms with E-state index >= 15 is 0 Å². The number of hydrogen-bond acceptors (Lipinski definition) is 4. The van der Waals surface area contributed by atoms with Crippen molar-refractivity contribution >= 4 is 14.0 Å². The molecule has 0 aliphatic heterocycles. The average Bonchev–Trinajstić information content (AvgIpc) is 2.15. The van der Waals surface area contributed by atoms with Gasteiger partial charge in [-0.2, -0.15) is 0 Å². The van der Waals surface area contributed by atoms with Crippen LogP contribution in [0, 0.1) is 0 Å². The van der Waals surface area contributed by atoms with Crippen LogP contribution in [0.25, 0.3) is 0 Å². The normalized spacial score (nSPS) is 13.2. The molecule has 0 fully saturated rings. The van der Waals surface area contributed by atoms with Crippen molar-refractivity contribution in [2.75, 3.05) is 47.1 Å². The van der Waals surface area contributed by atoms with Gasteiger partial charge in [-0.25, -0.2) is 4.79 Å². The Bertz CT molecular complexity index is 260. The van der Waals surface area contributed by atoms with Gasteiger partial charge >= 0.3 is 5.97 Å². The minimum atomic E-state index is -2.09. The zero-order valence-electron chi connectivity index (χ0n) is 10.2. The molecule has 0 aromatic rings. The van der Waals surface area contributed by atoms with Crippen LogP contribution in [0.3, 0.4) is 0 Å². The van der Waals surface area contributed by atoms with Gasteiger partial charge in [0.1, 0.15) is 19.8 Å². The fourth-order valence-electron chi connectivity index (χ4n) is 0.799. The molecule has 0 rings (SSSR count). The summed E-state index contributed by atoms with van der Waals surface area (Å²) in [7, 11) is 4.02. The maximum atomic E-state index is 11.3. The predicted molar refractivity (Wildman–Crippen MR) is 63.9 cm³/mol. The molecule has 0 aromatic carbocycles. The minimum Gasteiger partial charge on any atom is -0.462 e. The van der Waals surface area contributed by atoms with Crippen LogP contribution in [0.15, 0.2) is 12.7 Å². The standard InChI is InChI=1S/C10H21NO4P/c1-5-10(12)14-8-9-16(13)15-7-6-11(2,3)4/h5,16H,1,6-9H2,2-4H3/q+1. The van der Waals surface area contributed by atoms with E-state index in [2.05, 4.69) is 6.58 Å². The minimum absolute atomic E-state index is 0.118. The van der Waals surface area contributed by atoms with Crippen molar-refractivity contribution in [1.29, 1.82) is 0 Å². The fourth-order valence-corrected chi connectivity index (χ4v) is 1.53. The Morgan fingerprint density at radius 2 is 2.00 bits per heavy atom. The molecular formula is C10H21NO4P+. The number of hydrogen-bond donors (Lipinski definition) is 0. The molecule has 6 heteroatoms. The average molecular weight is 250 g/mol. The zero-order chi connectivity index (χ0) is 12.6. The molecule has 1 atom stereocenters. The summed E-state index contributed by atoms with van der Waals surface area (Å²) in [5.41, 5.74) is 0. The number of rotatable bonds is 8. The highest BCUT2D eigenvalue weighted by Gasteiger charge is 2.08. The van der Waals surface area contributed by atoms with Crippen molar-refractivity contribution in [1.82, 2.24) is 0 Å². The Kier molecular flexibility index (Phi) is 7.30. The van der Waals surface area contributed by atoms with Crippen molar-refractivity contribution in [3.63, 3.8) is 0 Å². The lowest BCUT2D eigenvalue weighted by Crippen LogP contribution is -2.37. The van der Waals surface area contributed by atoms with Gasteiger partial charge in [-0.3, -0.25) is 4.57 Å². The van der Waals surface area contributed by atoms with Crippen LogP contribution in [0.1, 0.15) is 0 Å². The number of esters is 1. The summed E-state index contributed by atoms with van der Waals surface area (Å²) in [5, 5.41) is 0. The highest BCUT2D eigenvalue weighted by Crippen LogP contribution is 2.21. The summed E-state index contributed by atoms with van der Waals surface area (Å²) in [6.45, 7) is 4.62. The van der Waals surface area contributed by atoms with E-state index in [1.807, 2.05) is 21.1 Å². The third kappa shape index (κ3) is 9.90. The van der Waals surface area contributed by atoms with Crippen molar-refractivity contribution < 1.29 is 23.1 Å². The molecule has 0 bridgehead atoms. The van der Waals surface area contributed by atoms with Gasteiger partial charge < -0.3 is 13.7 Å². The summed E-state index contributed by atoms with van der Waals surface area (Å²) in [6.07, 6.45) is 1.34. The van der Waals surface area contributed by atoms with Crippen molar-refractivity contribution in [3.05, 3.63) is 12.7 Å². The van der Waals surface area contributed by atoms with Crippen LogP contribution in [-0.2, 0) is 18.6 Å². The van der Waals surface area contributed by atoms with E-state index in [9.17, 15) is 9.36 Å². The highest BCUT2D eigenvalue weighted by atomic mass is 31.1. The van der Waals surface area contributed by atoms with Gasteiger partial charge in [0, 0.05) is 6.08 Å². The molecule has 0 aliphatic carbocycles. The van der Waals surface area contributed by atoms with Crippen LogP contribution in [-0.4, -0.2) is 57.5 Å². The van der Waals surface area contributed by atoms with Crippen molar-refractivity contribution in [3.8, 4) is 0 Å². The number of nitrogens with zero attached hydrogens (tertiary/aromatic N) is 1. The van der Waals surface area contributed by atoms with Gasteiger partial charge in [0.25, 0.3) is 0 Å². The Hall–Kier alpha value is -0.640. The molecule has 94 valence electrons. The largest absolute Gasteiger partial charge is 0.462 e. The van der Waals surface area contributed by atoms with E-state index in [0.717, 1.165) is 17.1 Å². The van der Waals surface area contributed by atoms with E-state index < -0.39 is 14.0 Å². The fraction of sp³-hybridized carbons (Fsp3) is 0.700. The van der Waals surface area contributed by atoms with Gasteiger partial charge in [0.2, 0.25) is 0 Å². The third-order valence-electron chi connectivity index (χ3n) is 1.74. The molecule has 0 saturated carbocycles. The zero-order valence-corrected chi connectivity index (χ0v) is 11.2. The van der Waals surface area contributed by atoms with Gasteiger partial charge in [0.15, 0.2) is 8.03 Å².